The largest absolute Gasteiger partial charge is 0.464 e. The highest BCUT2D eigenvalue weighted by Gasteiger charge is 2.32. The molecule has 9 heteroatoms. The normalized spacial score (nSPS) is 20.6. The lowest BCUT2D eigenvalue weighted by Crippen LogP contribution is -2.45. The summed E-state index contributed by atoms with van der Waals surface area (Å²) in [5.41, 5.74) is 7.80. The molecular formula is C48H60N4O5. The molecule has 2 N–H and O–H groups in total. The van der Waals surface area contributed by atoms with Crippen LogP contribution in [0.4, 0.5) is 0 Å². The van der Waals surface area contributed by atoms with Crippen molar-refractivity contribution in [1.29, 1.82) is 0 Å². The molecule has 0 unspecified atom stereocenters. The average molecular weight is 773 g/mol. The lowest BCUT2D eigenvalue weighted by Gasteiger charge is -2.27. The van der Waals surface area contributed by atoms with E-state index >= 15 is 0 Å². The molecule has 1 amide bonds. The number of methoxy groups -OCH3 is 1. The van der Waals surface area contributed by atoms with Crippen molar-refractivity contribution in [1.82, 2.24) is 20.2 Å². The third-order valence-corrected chi connectivity index (χ3v) is 12.1. The molecule has 3 heterocycles. The van der Waals surface area contributed by atoms with Gasteiger partial charge in [0.25, 0.3) is 0 Å². The molecule has 1 aliphatic heterocycles. The minimum atomic E-state index is -0.779. The van der Waals surface area contributed by atoms with E-state index in [2.05, 4.69) is 84.2 Å². The molecule has 2 aromatic heterocycles. The van der Waals surface area contributed by atoms with Crippen LogP contribution >= 0.6 is 0 Å². The number of nitrogens with zero attached hydrogens (tertiary/aromatic N) is 2. The monoisotopic (exact) mass is 772 g/mol. The summed E-state index contributed by atoms with van der Waals surface area (Å²) in [6, 6.07) is 17.7. The fourth-order valence-electron chi connectivity index (χ4n) is 8.68. The van der Waals surface area contributed by atoms with Crippen molar-refractivity contribution in [2.45, 2.75) is 117 Å². The molecule has 6 rings (SSSR count). The molecule has 1 saturated carbocycles. The summed E-state index contributed by atoms with van der Waals surface area (Å²) >= 11 is 0. The zero-order valence-corrected chi connectivity index (χ0v) is 34.9. The molecular weight excluding hydrogens is 713 g/mol. The van der Waals surface area contributed by atoms with Crippen LogP contribution in [0, 0.1) is 29.1 Å². The molecule has 302 valence electrons. The maximum absolute atomic E-state index is 13.8. The number of ketones is 1. The van der Waals surface area contributed by atoms with Gasteiger partial charge in [0.2, 0.25) is 11.7 Å². The lowest BCUT2D eigenvalue weighted by atomic mass is 9.84. The van der Waals surface area contributed by atoms with E-state index in [4.69, 9.17) is 14.5 Å². The lowest BCUT2D eigenvalue weighted by molar-refractivity contribution is -0.149. The number of cyclic esters (lactones) is 1. The number of hydrogen-bond donors (Lipinski definition) is 2. The van der Waals surface area contributed by atoms with E-state index < -0.39 is 17.5 Å². The molecule has 0 saturated heterocycles. The van der Waals surface area contributed by atoms with E-state index in [-0.39, 0.29) is 36.3 Å². The highest BCUT2D eigenvalue weighted by molar-refractivity contribution is 6.02. The predicted octanol–water partition coefficient (Wildman–Crippen LogP) is 8.41. The Bertz CT molecular complexity index is 2140. The molecule has 4 atom stereocenters. The number of pyridine rings is 1. The Balaban J connectivity index is 1.47. The van der Waals surface area contributed by atoms with Gasteiger partial charge in [0.05, 0.1) is 24.1 Å². The van der Waals surface area contributed by atoms with Crippen molar-refractivity contribution in [2.75, 3.05) is 20.8 Å². The van der Waals surface area contributed by atoms with Crippen LogP contribution in [0.1, 0.15) is 102 Å². The first-order chi connectivity index (χ1) is 27.4. The molecule has 1 aliphatic carbocycles. The summed E-state index contributed by atoms with van der Waals surface area (Å²) in [6.45, 7) is 11.4. The van der Waals surface area contributed by atoms with E-state index in [1.807, 2.05) is 38.2 Å². The summed E-state index contributed by atoms with van der Waals surface area (Å²) in [5, 5.41) is 7.35. The van der Waals surface area contributed by atoms with Crippen LogP contribution in [0.15, 0.2) is 60.8 Å². The van der Waals surface area contributed by atoms with Crippen molar-refractivity contribution in [3.8, 4) is 34.2 Å². The van der Waals surface area contributed by atoms with E-state index in [1.165, 1.54) is 0 Å². The molecule has 0 radical (unpaired) electrons. The number of fused-ring (bicyclic) bond motifs is 4. The van der Waals surface area contributed by atoms with Crippen molar-refractivity contribution in [2.24, 2.45) is 17.3 Å². The van der Waals surface area contributed by atoms with Gasteiger partial charge < -0.3 is 24.7 Å². The Morgan fingerprint density at radius 3 is 2.53 bits per heavy atom. The fourth-order valence-corrected chi connectivity index (χ4v) is 8.68. The quantitative estimate of drug-likeness (QED) is 0.105. The number of Topliss-reactive ketones (excluding diaryl/α,β-unsaturated/α-hetero) is 1. The van der Waals surface area contributed by atoms with E-state index in [0.717, 1.165) is 82.3 Å². The van der Waals surface area contributed by atoms with Crippen LogP contribution in [0.25, 0.3) is 33.3 Å². The Morgan fingerprint density at radius 2 is 1.79 bits per heavy atom. The maximum atomic E-state index is 13.8. The highest BCUT2D eigenvalue weighted by Crippen LogP contribution is 2.42. The van der Waals surface area contributed by atoms with E-state index in [0.29, 0.717) is 38.0 Å². The number of carbonyl (C=O) groups excluding carboxylic acids is 3. The number of rotatable bonds is 8. The van der Waals surface area contributed by atoms with Gasteiger partial charge in [-0.1, -0.05) is 69.9 Å². The molecule has 4 bridgehead atoms. The number of esters is 1. The van der Waals surface area contributed by atoms with Gasteiger partial charge in [-0.2, -0.15) is 0 Å². The van der Waals surface area contributed by atoms with Crippen LogP contribution < -0.4 is 10.6 Å². The topological polar surface area (TPSA) is 112 Å². The number of carbonyl (C=O) groups is 3. The maximum Gasteiger partial charge on any atom is 0.323 e. The summed E-state index contributed by atoms with van der Waals surface area (Å²) in [7, 11) is 3.47. The number of aromatic nitrogens is 2. The predicted molar refractivity (Wildman–Crippen MR) is 226 cm³/mol. The van der Waals surface area contributed by atoms with Gasteiger partial charge in [-0.25, -0.2) is 0 Å². The summed E-state index contributed by atoms with van der Waals surface area (Å²) in [5.74, 6) is 5.35. The third-order valence-electron chi connectivity index (χ3n) is 12.1. The Hall–Kier alpha value is -4.78. The number of amides is 1. The van der Waals surface area contributed by atoms with Gasteiger partial charge >= 0.3 is 5.97 Å². The minimum Gasteiger partial charge on any atom is -0.464 e. The van der Waals surface area contributed by atoms with E-state index in [9.17, 15) is 14.4 Å². The van der Waals surface area contributed by atoms with Gasteiger partial charge in [-0.3, -0.25) is 19.4 Å². The number of nitrogens with one attached hydrogen (secondary N) is 2. The first-order valence-corrected chi connectivity index (χ1v) is 20.8. The van der Waals surface area contributed by atoms with Gasteiger partial charge in [0, 0.05) is 60.5 Å². The van der Waals surface area contributed by atoms with Gasteiger partial charge in [-0.05, 0) is 111 Å². The van der Waals surface area contributed by atoms with Crippen LogP contribution in [0.5, 0.6) is 0 Å². The van der Waals surface area contributed by atoms with E-state index in [1.54, 1.807) is 14.2 Å². The first-order valence-electron chi connectivity index (χ1n) is 20.8. The van der Waals surface area contributed by atoms with Gasteiger partial charge in [0.15, 0.2) is 0 Å². The number of hydrogen-bond acceptors (Lipinski definition) is 7. The molecule has 2 aliphatic rings. The van der Waals surface area contributed by atoms with Crippen molar-refractivity contribution >= 4 is 28.6 Å². The Morgan fingerprint density at radius 1 is 1.02 bits per heavy atom. The van der Waals surface area contributed by atoms with Crippen LogP contribution in [-0.4, -0.2) is 60.1 Å². The number of benzene rings is 2. The first kappa shape index (κ1) is 41.8. The molecule has 57 heavy (non-hydrogen) atoms. The number of ether oxygens (including phenoxy) is 2. The number of likely N-dealkylation sites (N-methyl/N-ethyl adjacent to an activating group) is 1. The van der Waals surface area contributed by atoms with Crippen LogP contribution in [0.3, 0.4) is 0 Å². The fraction of sp³-hybridized carbons (Fsp3) is 0.500. The second-order valence-corrected chi connectivity index (χ2v) is 16.8. The zero-order valence-electron chi connectivity index (χ0n) is 34.9. The highest BCUT2D eigenvalue weighted by atomic mass is 16.5. The van der Waals surface area contributed by atoms with Crippen molar-refractivity contribution in [3.05, 3.63) is 77.6 Å². The average Bonchev–Trinajstić information content (AvgIpc) is 3.86. The molecule has 1 fully saturated rings. The van der Waals surface area contributed by atoms with Gasteiger partial charge in [0.1, 0.15) is 12.1 Å². The standard InChI is InChI=1S/C48H60N4O5/c1-8-52-42-24-23-36-28-38(42)39(45(52)37-20-15-25-50-44(37)32(3)56-7)29-48(4,5)30-57-47(55)40(49-6)21-10-9-11-22-43(53)41(27-33-16-14-19-35(36)26-33)51-46(54)31(2)34-17-12-13-18-34/h14-16,19-20,23-26,28,31-32,34,40-41,49H,8-10,12-13,17-18,21,27,29-30H2,1-7H3,(H,51,54)/t31-,32-,40-,41-/m0/s1. The third kappa shape index (κ3) is 9.68. The summed E-state index contributed by atoms with van der Waals surface area (Å²) < 4.78 is 14.2. The molecule has 2 aromatic carbocycles. The van der Waals surface area contributed by atoms with Crippen LogP contribution in [-0.2, 0) is 43.2 Å². The second-order valence-electron chi connectivity index (χ2n) is 16.8. The summed E-state index contributed by atoms with van der Waals surface area (Å²) in [4.78, 5) is 45.6. The minimum absolute atomic E-state index is 0.0899. The zero-order chi connectivity index (χ0) is 40.7. The SMILES string of the molecule is CCn1c(-c2cccnc2[C@H](C)OC)c2c3cc(ccc31)-c1cccc(c1)C[C@H](NC(=O)[C@@H](C)C1CCCC1)C(=O)C#CCCC[C@H](NC)C(=O)OCC(C)(C)C2. The Kier molecular flexibility index (Phi) is 13.7. The second kappa shape index (κ2) is 18.7. The molecule has 0 spiro atoms. The molecule has 4 aromatic rings. The smallest absolute Gasteiger partial charge is 0.323 e. The Labute approximate surface area is 338 Å². The number of aryl methyl sites for hydroxylation is 1. The van der Waals surface area contributed by atoms with Crippen molar-refractivity contribution < 1.29 is 23.9 Å². The van der Waals surface area contributed by atoms with Crippen molar-refractivity contribution in [3.63, 3.8) is 0 Å². The molecule has 9 nitrogen and oxygen atoms in total. The van der Waals surface area contributed by atoms with Crippen LogP contribution in [0.2, 0.25) is 0 Å². The summed E-state index contributed by atoms with van der Waals surface area (Å²) in [6.07, 6.45) is 8.49. The van der Waals surface area contributed by atoms with Gasteiger partial charge in [-0.15, -0.1) is 0 Å².